The Hall–Kier alpha value is -1.88. The third-order valence-electron chi connectivity index (χ3n) is 2.84. The second-order valence-corrected chi connectivity index (χ2v) is 5.20. The predicted octanol–water partition coefficient (Wildman–Crippen LogP) is 3.08. The number of rotatable bonds is 4. The summed E-state index contributed by atoms with van der Waals surface area (Å²) < 4.78 is 0. The van der Waals surface area contributed by atoms with E-state index in [0.717, 1.165) is 16.4 Å². The molecule has 1 fully saturated rings. The lowest BCUT2D eigenvalue weighted by atomic mass is 10.1. The molecule has 0 atom stereocenters. The van der Waals surface area contributed by atoms with Crippen molar-refractivity contribution >= 4 is 22.4 Å². The second-order valence-electron chi connectivity index (χ2n) is 4.34. The van der Waals surface area contributed by atoms with Crippen LogP contribution in [0.3, 0.4) is 0 Å². The fourth-order valence-electron chi connectivity index (χ4n) is 1.66. The van der Waals surface area contributed by atoms with Crippen LogP contribution in [-0.2, 0) is 0 Å². The largest absolute Gasteiger partial charge is 0.478 e. The summed E-state index contributed by atoms with van der Waals surface area (Å²) in [4.78, 5) is 15.3. The van der Waals surface area contributed by atoms with Gasteiger partial charge in [0.05, 0.1) is 11.3 Å². The Morgan fingerprint density at radius 2 is 2.06 bits per heavy atom. The van der Waals surface area contributed by atoms with Crippen molar-refractivity contribution in [2.75, 3.05) is 5.32 Å². The monoisotopic (exact) mass is 260 g/mol. The first-order valence-corrected chi connectivity index (χ1v) is 6.66. The lowest BCUT2D eigenvalue weighted by molar-refractivity contribution is 0.0697. The summed E-state index contributed by atoms with van der Waals surface area (Å²) in [6, 6.07) is 7.38. The van der Waals surface area contributed by atoms with Crippen LogP contribution in [0.5, 0.6) is 0 Å². The molecule has 1 saturated carbocycles. The first-order valence-electron chi connectivity index (χ1n) is 5.78. The van der Waals surface area contributed by atoms with Gasteiger partial charge in [0.25, 0.3) is 0 Å². The van der Waals surface area contributed by atoms with E-state index in [1.54, 1.807) is 35.6 Å². The number of carbonyl (C=O) groups is 1. The van der Waals surface area contributed by atoms with E-state index in [1.807, 2.05) is 5.38 Å². The highest BCUT2D eigenvalue weighted by Gasteiger charge is 2.22. The fourth-order valence-corrected chi connectivity index (χ4v) is 2.46. The van der Waals surface area contributed by atoms with Gasteiger partial charge in [-0.25, -0.2) is 9.78 Å². The molecule has 0 saturated heterocycles. The SMILES string of the molecule is O=C(O)c1ccc(-c2csc(NC3CC3)n2)cc1. The smallest absolute Gasteiger partial charge is 0.335 e. The Labute approximate surface area is 108 Å². The number of benzene rings is 1. The Bertz CT molecular complexity index is 573. The number of anilines is 1. The zero-order chi connectivity index (χ0) is 12.5. The Balaban J connectivity index is 1.80. The summed E-state index contributed by atoms with van der Waals surface area (Å²) in [5, 5.41) is 15.1. The molecule has 0 aliphatic heterocycles. The number of hydrogen-bond acceptors (Lipinski definition) is 4. The van der Waals surface area contributed by atoms with Crippen molar-refractivity contribution in [1.82, 2.24) is 4.98 Å². The molecule has 1 aromatic carbocycles. The van der Waals surface area contributed by atoms with Gasteiger partial charge >= 0.3 is 5.97 Å². The molecular weight excluding hydrogens is 248 g/mol. The van der Waals surface area contributed by atoms with Crippen LogP contribution in [0.4, 0.5) is 5.13 Å². The van der Waals surface area contributed by atoms with Crippen LogP contribution in [0.2, 0.25) is 0 Å². The zero-order valence-corrected chi connectivity index (χ0v) is 10.4. The van der Waals surface area contributed by atoms with Gasteiger partial charge in [0, 0.05) is 17.0 Å². The summed E-state index contributed by atoms with van der Waals surface area (Å²) in [6.45, 7) is 0. The molecule has 1 aliphatic rings. The first kappa shape index (κ1) is 11.2. The van der Waals surface area contributed by atoms with E-state index in [2.05, 4.69) is 10.3 Å². The summed E-state index contributed by atoms with van der Waals surface area (Å²) in [5.41, 5.74) is 2.13. The van der Waals surface area contributed by atoms with Crippen molar-refractivity contribution in [1.29, 1.82) is 0 Å². The third-order valence-corrected chi connectivity index (χ3v) is 3.61. The van der Waals surface area contributed by atoms with Gasteiger partial charge in [0.2, 0.25) is 0 Å². The van der Waals surface area contributed by atoms with E-state index in [0.29, 0.717) is 11.6 Å². The van der Waals surface area contributed by atoms with Crippen molar-refractivity contribution in [3.8, 4) is 11.3 Å². The number of nitrogens with one attached hydrogen (secondary N) is 1. The Kier molecular flexibility index (Phi) is 2.76. The molecule has 5 heteroatoms. The predicted molar refractivity (Wildman–Crippen MR) is 71.2 cm³/mol. The minimum atomic E-state index is -0.907. The van der Waals surface area contributed by atoms with Crippen LogP contribution in [-0.4, -0.2) is 22.1 Å². The van der Waals surface area contributed by atoms with Gasteiger partial charge in [-0.3, -0.25) is 0 Å². The van der Waals surface area contributed by atoms with Crippen molar-refractivity contribution in [3.05, 3.63) is 35.2 Å². The minimum Gasteiger partial charge on any atom is -0.478 e. The average molecular weight is 260 g/mol. The number of thiazole rings is 1. The summed E-state index contributed by atoms with van der Waals surface area (Å²) in [7, 11) is 0. The molecule has 1 heterocycles. The van der Waals surface area contributed by atoms with Gasteiger partial charge in [-0.15, -0.1) is 11.3 Å². The summed E-state index contributed by atoms with van der Waals surface area (Å²) in [6.07, 6.45) is 2.45. The van der Waals surface area contributed by atoms with Gasteiger partial charge < -0.3 is 10.4 Å². The van der Waals surface area contributed by atoms with Crippen LogP contribution in [0.15, 0.2) is 29.6 Å². The third kappa shape index (κ3) is 2.36. The maximum atomic E-state index is 10.8. The maximum Gasteiger partial charge on any atom is 0.335 e. The van der Waals surface area contributed by atoms with Crippen LogP contribution in [0.1, 0.15) is 23.2 Å². The molecule has 0 unspecified atom stereocenters. The molecule has 1 aliphatic carbocycles. The van der Waals surface area contributed by atoms with Crippen molar-refractivity contribution in [3.63, 3.8) is 0 Å². The molecule has 1 aromatic heterocycles. The fraction of sp³-hybridized carbons (Fsp3) is 0.231. The van der Waals surface area contributed by atoms with E-state index >= 15 is 0 Å². The average Bonchev–Trinajstić information content (AvgIpc) is 3.05. The molecule has 0 bridgehead atoms. The van der Waals surface area contributed by atoms with Crippen molar-refractivity contribution < 1.29 is 9.90 Å². The number of hydrogen-bond donors (Lipinski definition) is 2. The van der Waals surface area contributed by atoms with Crippen LogP contribution >= 0.6 is 11.3 Å². The van der Waals surface area contributed by atoms with Gasteiger partial charge in [0.15, 0.2) is 5.13 Å². The van der Waals surface area contributed by atoms with E-state index < -0.39 is 5.97 Å². The minimum absolute atomic E-state index is 0.297. The second kappa shape index (κ2) is 4.42. The Morgan fingerprint density at radius 1 is 1.33 bits per heavy atom. The molecule has 2 aromatic rings. The molecular formula is C13H12N2O2S. The molecule has 4 nitrogen and oxygen atoms in total. The molecule has 0 spiro atoms. The normalized spacial score (nSPS) is 14.4. The standard InChI is InChI=1S/C13H12N2O2S/c16-12(17)9-3-1-8(2-4-9)11-7-18-13(15-11)14-10-5-6-10/h1-4,7,10H,5-6H2,(H,14,15)(H,16,17). The summed E-state index contributed by atoms with van der Waals surface area (Å²) in [5.74, 6) is -0.907. The number of aromatic carboxylic acids is 1. The van der Waals surface area contributed by atoms with Gasteiger partial charge in [0.1, 0.15) is 0 Å². The molecule has 2 N–H and O–H groups in total. The van der Waals surface area contributed by atoms with Gasteiger partial charge in [-0.2, -0.15) is 0 Å². The van der Waals surface area contributed by atoms with Crippen LogP contribution < -0.4 is 5.32 Å². The van der Waals surface area contributed by atoms with E-state index in [-0.39, 0.29) is 0 Å². The van der Waals surface area contributed by atoms with E-state index in [9.17, 15) is 4.79 Å². The van der Waals surface area contributed by atoms with Crippen LogP contribution in [0, 0.1) is 0 Å². The van der Waals surface area contributed by atoms with Crippen molar-refractivity contribution in [2.24, 2.45) is 0 Å². The number of carboxylic acid groups (broad SMARTS) is 1. The molecule has 92 valence electrons. The van der Waals surface area contributed by atoms with Gasteiger partial charge in [-0.1, -0.05) is 12.1 Å². The van der Waals surface area contributed by atoms with E-state index in [1.165, 1.54) is 12.8 Å². The first-order chi connectivity index (χ1) is 8.72. The van der Waals surface area contributed by atoms with Crippen molar-refractivity contribution in [2.45, 2.75) is 18.9 Å². The Morgan fingerprint density at radius 3 is 2.67 bits per heavy atom. The highest BCUT2D eigenvalue weighted by atomic mass is 32.1. The maximum absolute atomic E-state index is 10.8. The molecule has 3 rings (SSSR count). The zero-order valence-electron chi connectivity index (χ0n) is 9.59. The number of aromatic nitrogens is 1. The van der Waals surface area contributed by atoms with Gasteiger partial charge in [-0.05, 0) is 25.0 Å². The van der Waals surface area contributed by atoms with E-state index in [4.69, 9.17) is 5.11 Å². The lowest BCUT2D eigenvalue weighted by Crippen LogP contribution is -1.99. The quantitative estimate of drug-likeness (QED) is 0.886. The number of carboxylic acids is 1. The highest BCUT2D eigenvalue weighted by Crippen LogP contribution is 2.29. The number of nitrogens with zero attached hydrogens (tertiary/aromatic N) is 1. The molecule has 0 amide bonds. The lowest BCUT2D eigenvalue weighted by Gasteiger charge is -1.99. The topological polar surface area (TPSA) is 62.2 Å². The van der Waals surface area contributed by atoms with Crippen LogP contribution in [0.25, 0.3) is 11.3 Å². The summed E-state index contributed by atoms with van der Waals surface area (Å²) >= 11 is 1.58. The molecule has 18 heavy (non-hydrogen) atoms. The molecule has 0 radical (unpaired) electrons. The highest BCUT2D eigenvalue weighted by molar-refractivity contribution is 7.14.